The molecule has 8 nitrogen and oxygen atoms in total. The number of hydrogen-bond acceptors (Lipinski definition) is 5. The maximum absolute atomic E-state index is 12.1. The van der Waals surface area contributed by atoms with Gasteiger partial charge in [0, 0.05) is 38.8 Å². The van der Waals surface area contributed by atoms with Crippen LogP contribution >= 0.6 is 0 Å². The Morgan fingerprint density at radius 1 is 1.38 bits per heavy atom. The average Bonchev–Trinajstić information content (AvgIpc) is 2.51. The van der Waals surface area contributed by atoms with Crippen molar-refractivity contribution in [3.05, 3.63) is 39.9 Å². The summed E-state index contributed by atoms with van der Waals surface area (Å²) in [5.74, 6) is 0.717. The van der Waals surface area contributed by atoms with Crippen molar-refractivity contribution >= 4 is 21.5 Å². The molecule has 132 valence electrons. The normalized spacial score (nSPS) is 19.8. The van der Waals surface area contributed by atoms with Gasteiger partial charge in [0.1, 0.15) is 0 Å². The number of nitro benzene ring substituents is 1. The molecule has 0 unspecified atom stereocenters. The van der Waals surface area contributed by atoms with Crippen molar-refractivity contribution in [2.75, 3.05) is 25.9 Å². The molecule has 0 amide bonds. The minimum Gasteiger partial charge on any atom is -0.352 e. The van der Waals surface area contributed by atoms with E-state index in [4.69, 9.17) is 0 Å². The molecule has 0 aromatic heterocycles. The van der Waals surface area contributed by atoms with Crippen LogP contribution in [0.15, 0.2) is 29.3 Å². The highest BCUT2D eigenvalue weighted by Crippen LogP contribution is 2.23. The standard InChI is InChI=1S/C15H22N4O4S/c1-15(2)11-18(8-9-24(15,22)23)14(16-3)17-10-12-4-6-13(7-5-12)19(20)21/h4-7H,8-11H2,1-3H3,(H,16,17). The lowest BCUT2D eigenvalue weighted by Gasteiger charge is -2.39. The Bertz CT molecular complexity index is 741. The van der Waals surface area contributed by atoms with Crippen molar-refractivity contribution in [1.82, 2.24) is 10.2 Å². The van der Waals surface area contributed by atoms with Crippen LogP contribution in [0.5, 0.6) is 0 Å². The lowest BCUT2D eigenvalue weighted by Crippen LogP contribution is -2.57. The average molecular weight is 354 g/mol. The van der Waals surface area contributed by atoms with Gasteiger partial charge in [0.05, 0.1) is 15.4 Å². The predicted octanol–water partition coefficient (Wildman–Crippen LogP) is 1.18. The minimum absolute atomic E-state index is 0.0473. The SMILES string of the molecule is CN=C(NCc1ccc([N+](=O)[O-])cc1)N1CCS(=O)(=O)C(C)(C)C1. The summed E-state index contributed by atoms with van der Waals surface area (Å²) >= 11 is 0. The summed E-state index contributed by atoms with van der Waals surface area (Å²) in [5.41, 5.74) is 0.928. The monoisotopic (exact) mass is 354 g/mol. The first-order valence-corrected chi connectivity index (χ1v) is 9.23. The summed E-state index contributed by atoms with van der Waals surface area (Å²) in [4.78, 5) is 16.4. The summed E-state index contributed by atoms with van der Waals surface area (Å²) in [6.45, 7) is 4.66. The number of nitrogens with one attached hydrogen (secondary N) is 1. The lowest BCUT2D eigenvalue weighted by molar-refractivity contribution is -0.384. The van der Waals surface area contributed by atoms with E-state index in [1.807, 2.05) is 4.90 Å². The first-order chi connectivity index (χ1) is 11.2. The third-order valence-corrected chi connectivity index (χ3v) is 6.69. The molecule has 1 aliphatic heterocycles. The second kappa shape index (κ2) is 6.76. The van der Waals surface area contributed by atoms with Crippen LogP contribution in [-0.2, 0) is 16.4 Å². The zero-order valence-electron chi connectivity index (χ0n) is 14.0. The van der Waals surface area contributed by atoms with Crippen LogP contribution in [0.1, 0.15) is 19.4 Å². The molecular weight excluding hydrogens is 332 g/mol. The molecule has 1 heterocycles. The van der Waals surface area contributed by atoms with Crippen LogP contribution in [-0.4, -0.2) is 54.8 Å². The number of guanidine groups is 1. The van der Waals surface area contributed by atoms with Crippen molar-refractivity contribution in [2.24, 2.45) is 4.99 Å². The van der Waals surface area contributed by atoms with E-state index in [1.165, 1.54) is 12.1 Å². The molecule has 1 N–H and O–H groups in total. The maximum Gasteiger partial charge on any atom is 0.269 e. The van der Waals surface area contributed by atoms with Gasteiger partial charge in [0.15, 0.2) is 15.8 Å². The fraction of sp³-hybridized carbons (Fsp3) is 0.533. The van der Waals surface area contributed by atoms with Crippen LogP contribution in [0.25, 0.3) is 0 Å². The third kappa shape index (κ3) is 3.84. The fourth-order valence-electron chi connectivity index (χ4n) is 2.57. The van der Waals surface area contributed by atoms with Gasteiger partial charge in [-0.1, -0.05) is 12.1 Å². The molecule has 1 aliphatic rings. The van der Waals surface area contributed by atoms with E-state index in [0.717, 1.165) is 5.56 Å². The number of benzene rings is 1. The van der Waals surface area contributed by atoms with E-state index in [1.54, 1.807) is 33.0 Å². The molecule has 1 saturated heterocycles. The molecule has 24 heavy (non-hydrogen) atoms. The summed E-state index contributed by atoms with van der Waals surface area (Å²) in [6.07, 6.45) is 0. The molecule has 9 heteroatoms. The molecule has 1 fully saturated rings. The van der Waals surface area contributed by atoms with Gasteiger partial charge in [-0.2, -0.15) is 0 Å². The molecule has 0 aliphatic carbocycles. The van der Waals surface area contributed by atoms with E-state index >= 15 is 0 Å². The second-order valence-electron chi connectivity index (χ2n) is 6.32. The highest BCUT2D eigenvalue weighted by Gasteiger charge is 2.40. The van der Waals surface area contributed by atoms with Crippen molar-refractivity contribution < 1.29 is 13.3 Å². The smallest absolute Gasteiger partial charge is 0.269 e. The zero-order chi connectivity index (χ0) is 18.0. The lowest BCUT2D eigenvalue weighted by atomic mass is 10.2. The summed E-state index contributed by atoms with van der Waals surface area (Å²) in [5, 5.41) is 13.8. The quantitative estimate of drug-likeness (QED) is 0.378. The van der Waals surface area contributed by atoms with Crippen molar-refractivity contribution in [1.29, 1.82) is 0 Å². The molecule has 0 saturated carbocycles. The first-order valence-electron chi connectivity index (χ1n) is 7.57. The van der Waals surface area contributed by atoms with Crippen LogP contribution in [0, 0.1) is 10.1 Å². The minimum atomic E-state index is -3.10. The predicted molar refractivity (Wildman–Crippen MR) is 92.7 cm³/mol. The van der Waals surface area contributed by atoms with Gasteiger partial charge in [-0.25, -0.2) is 8.42 Å². The Labute approximate surface area is 141 Å². The Balaban J connectivity index is 2.02. The van der Waals surface area contributed by atoms with Gasteiger partial charge in [0.2, 0.25) is 0 Å². The summed E-state index contributed by atoms with van der Waals surface area (Å²) in [6, 6.07) is 6.28. The van der Waals surface area contributed by atoms with Crippen LogP contribution in [0.4, 0.5) is 5.69 Å². The molecule has 0 bridgehead atoms. The molecule has 1 aromatic carbocycles. The van der Waals surface area contributed by atoms with Gasteiger partial charge in [-0.05, 0) is 19.4 Å². The van der Waals surface area contributed by atoms with Gasteiger partial charge in [0.25, 0.3) is 5.69 Å². The van der Waals surface area contributed by atoms with Crippen molar-refractivity contribution in [3.63, 3.8) is 0 Å². The Kier molecular flexibility index (Phi) is 5.12. The number of rotatable bonds is 3. The van der Waals surface area contributed by atoms with E-state index in [0.29, 0.717) is 25.6 Å². The Morgan fingerprint density at radius 2 is 2.00 bits per heavy atom. The zero-order valence-corrected chi connectivity index (χ0v) is 14.8. The highest BCUT2D eigenvalue weighted by atomic mass is 32.2. The summed E-state index contributed by atoms with van der Waals surface area (Å²) in [7, 11) is -1.46. The Morgan fingerprint density at radius 3 is 2.50 bits per heavy atom. The van der Waals surface area contributed by atoms with E-state index in [-0.39, 0.29) is 11.4 Å². The van der Waals surface area contributed by atoms with Crippen molar-refractivity contribution in [3.8, 4) is 0 Å². The van der Waals surface area contributed by atoms with Crippen LogP contribution in [0.3, 0.4) is 0 Å². The Hall–Kier alpha value is -2.16. The molecule has 0 atom stereocenters. The fourth-order valence-corrected chi connectivity index (χ4v) is 3.94. The number of nitrogens with zero attached hydrogens (tertiary/aromatic N) is 3. The molecular formula is C15H22N4O4S. The van der Waals surface area contributed by atoms with Gasteiger partial charge in [-0.3, -0.25) is 15.1 Å². The van der Waals surface area contributed by atoms with Gasteiger partial charge < -0.3 is 10.2 Å². The first kappa shape index (κ1) is 18.2. The number of sulfone groups is 1. The number of hydrogen-bond donors (Lipinski definition) is 1. The van der Waals surface area contributed by atoms with Crippen LogP contribution < -0.4 is 5.32 Å². The molecule has 1 aromatic rings. The van der Waals surface area contributed by atoms with Gasteiger partial charge >= 0.3 is 0 Å². The number of nitro groups is 1. The number of non-ortho nitro benzene ring substituents is 1. The van der Waals surface area contributed by atoms with E-state index < -0.39 is 19.5 Å². The second-order valence-corrected chi connectivity index (χ2v) is 9.07. The molecule has 0 spiro atoms. The topological polar surface area (TPSA) is 105 Å². The highest BCUT2D eigenvalue weighted by molar-refractivity contribution is 7.92. The van der Waals surface area contributed by atoms with Crippen molar-refractivity contribution in [2.45, 2.75) is 25.1 Å². The summed E-state index contributed by atoms with van der Waals surface area (Å²) < 4.78 is 23.3. The molecule has 2 rings (SSSR count). The maximum atomic E-state index is 12.1. The third-order valence-electron chi connectivity index (χ3n) is 4.15. The van der Waals surface area contributed by atoms with E-state index in [9.17, 15) is 18.5 Å². The number of aliphatic imine (C=N–C) groups is 1. The van der Waals surface area contributed by atoms with Gasteiger partial charge in [-0.15, -0.1) is 0 Å². The van der Waals surface area contributed by atoms with Crippen LogP contribution in [0.2, 0.25) is 0 Å². The molecule has 0 radical (unpaired) electrons. The largest absolute Gasteiger partial charge is 0.352 e. The van der Waals surface area contributed by atoms with E-state index in [2.05, 4.69) is 10.3 Å².